The van der Waals surface area contributed by atoms with Gasteiger partial charge in [-0.05, 0) is 37.3 Å². The maximum Gasteiger partial charge on any atom is 0.343 e. The van der Waals surface area contributed by atoms with Crippen LogP contribution in [0, 0.1) is 0 Å². The van der Waals surface area contributed by atoms with Crippen molar-refractivity contribution in [2.24, 2.45) is 0 Å². The smallest absolute Gasteiger partial charge is 0.343 e. The largest absolute Gasteiger partial charge is 0.478 e. The van der Waals surface area contributed by atoms with Crippen molar-refractivity contribution in [3.05, 3.63) is 65.2 Å². The van der Waals surface area contributed by atoms with Gasteiger partial charge >= 0.3 is 11.9 Å². The Balaban J connectivity index is 2.28. The van der Waals surface area contributed by atoms with Gasteiger partial charge < -0.3 is 9.84 Å². The Morgan fingerprint density at radius 2 is 1.62 bits per heavy atom. The molecule has 1 N–H and O–H groups in total. The van der Waals surface area contributed by atoms with Crippen LogP contribution >= 0.6 is 0 Å². The molecule has 0 saturated carbocycles. The molecule has 0 bridgehead atoms. The molecule has 106 valence electrons. The minimum absolute atomic E-state index is 0.00990. The maximum atomic E-state index is 12.0. The van der Waals surface area contributed by atoms with Gasteiger partial charge in [0.15, 0.2) is 5.78 Å². The molecule has 0 radical (unpaired) electrons. The number of rotatable bonds is 4. The molecule has 0 aliphatic rings. The third kappa shape index (κ3) is 3.33. The first-order valence-electron chi connectivity index (χ1n) is 6.14. The molecule has 0 spiro atoms. The number of Topliss-reactive ketones (excluding diaryl/α,β-unsaturated/α-hetero) is 1. The molecule has 0 saturated heterocycles. The molecule has 0 heterocycles. The predicted octanol–water partition coefficient (Wildman–Crippen LogP) is 2.81. The highest BCUT2D eigenvalue weighted by atomic mass is 16.5. The van der Waals surface area contributed by atoms with E-state index in [1.54, 1.807) is 18.2 Å². The Bertz CT molecular complexity index is 718. The number of benzene rings is 2. The highest BCUT2D eigenvalue weighted by Crippen LogP contribution is 2.20. The number of hydrogen-bond acceptors (Lipinski definition) is 4. The Morgan fingerprint density at radius 3 is 2.29 bits per heavy atom. The minimum atomic E-state index is -1.13. The zero-order valence-electron chi connectivity index (χ0n) is 11.2. The SMILES string of the molecule is CC(=O)c1ccccc1OC(=O)c1cccc(C(=O)O)c1. The van der Waals surface area contributed by atoms with Crippen LogP contribution in [0.1, 0.15) is 38.0 Å². The van der Waals surface area contributed by atoms with Gasteiger partial charge in [0.2, 0.25) is 0 Å². The second kappa shape index (κ2) is 6.00. The molecular weight excluding hydrogens is 272 g/mol. The molecular formula is C16H12O5. The number of aromatic carboxylic acids is 1. The average molecular weight is 284 g/mol. The topological polar surface area (TPSA) is 80.7 Å². The van der Waals surface area contributed by atoms with Crippen molar-refractivity contribution < 1.29 is 24.2 Å². The van der Waals surface area contributed by atoms with Crippen LogP contribution in [-0.2, 0) is 0 Å². The van der Waals surface area contributed by atoms with Crippen LogP contribution in [-0.4, -0.2) is 22.8 Å². The summed E-state index contributed by atoms with van der Waals surface area (Å²) in [6.45, 7) is 1.37. The summed E-state index contributed by atoms with van der Waals surface area (Å²) in [5.41, 5.74) is 0.387. The van der Waals surface area contributed by atoms with Crippen molar-refractivity contribution in [1.29, 1.82) is 0 Å². The molecule has 5 nitrogen and oxygen atoms in total. The lowest BCUT2D eigenvalue weighted by molar-refractivity contribution is 0.0696. The summed E-state index contributed by atoms with van der Waals surface area (Å²) in [7, 11) is 0. The number of esters is 1. The molecule has 0 atom stereocenters. The Morgan fingerprint density at radius 1 is 0.952 bits per heavy atom. The van der Waals surface area contributed by atoms with Crippen molar-refractivity contribution in [3.8, 4) is 5.75 Å². The summed E-state index contributed by atoms with van der Waals surface area (Å²) in [5, 5.41) is 8.90. The summed E-state index contributed by atoms with van der Waals surface area (Å²) in [6.07, 6.45) is 0. The first-order chi connectivity index (χ1) is 9.99. The number of carboxylic acid groups (broad SMARTS) is 1. The summed E-state index contributed by atoms with van der Waals surface area (Å²) in [4.78, 5) is 34.4. The number of hydrogen-bond donors (Lipinski definition) is 1. The highest BCUT2D eigenvalue weighted by Gasteiger charge is 2.15. The van der Waals surface area contributed by atoms with E-state index >= 15 is 0 Å². The molecule has 0 aliphatic heterocycles. The monoisotopic (exact) mass is 284 g/mol. The van der Waals surface area contributed by atoms with E-state index < -0.39 is 11.9 Å². The summed E-state index contributed by atoms with van der Waals surface area (Å²) in [5.74, 6) is -1.92. The standard InChI is InChI=1S/C16H12O5/c1-10(17)13-7-2-3-8-14(13)21-16(20)12-6-4-5-11(9-12)15(18)19/h2-9H,1H3,(H,18,19). The van der Waals surface area contributed by atoms with E-state index in [1.165, 1.54) is 37.3 Å². The van der Waals surface area contributed by atoms with Crippen LogP contribution in [0.3, 0.4) is 0 Å². The lowest BCUT2D eigenvalue weighted by Crippen LogP contribution is -2.11. The number of ether oxygens (including phenoxy) is 1. The van der Waals surface area contributed by atoms with Gasteiger partial charge in [0.25, 0.3) is 0 Å². The van der Waals surface area contributed by atoms with Gasteiger partial charge in [-0.1, -0.05) is 18.2 Å². The van der Waals surface area contributed by atoms with E-state index in [2.05, 4.69) is 0 Å². The van der Waals surface area contributed by atoms with Crippen molar-refractivity contribution in [3.63, 3.8) is 0 Å². The molecule has 0 unspecified atom stereocenters. The maximum absolute atomic E-state index is 12.0. The predicted molar refractivity (Wildman–Crippen MR) is 74.8 cm³/mol. The summed E-state index contributed by atoms with van der Waals surface area (Å²) in [6, 6.07) is 11.9. The lowest BCUT2D eigenvalue weighted by atomic mass is 10.1. The summed E-state index contributed by atoms with van der Waals surface area (Å²) < 4.78 is 5.17. The first kappa shape index (κ1) is 14.5. The second-order valence-corrected chi connectivity index (χ2v) is 4.33. The van der Waals surface area contributed by atoms with Gasteiger partial charge in [-0.25, -0.2) is 9.59 Å². The van der Waals surface area contributed by atoms with Crippen molar-refractivity contribution >= 4 is 17.7 Å². The van der Waals surface area contributed by atoms with Gasteiger partial charge in [-0.3, -0.25) is 4.79 Å². The highest BCUT2D eigenvalue weighted by molar-refractivity contribution is 5.99. The zero-order chi connectivity index (χ0) is 15.4. The molecule has 0 amide bonds. The number of carbonyl (C=O) groups excluding carboxylic acids is 2. The van der Waals surface area contributed by atoms with Crippen molar-refractivity contribution in [2.75, 3.05) is 0 Å². The van der Waals surface area contributed by atoms with Gasteiger partial charge in [-0.15, -0.1) is 0 Å². The van der Waals surface area contributed by atoms with E-state index in [0.717, 1.165) is 0 Å². The molecule has 0 aromatic heterocycles. The van der Waals surface area contributed by atoms with Gasteiger partial charge in [0.1, 0.15) is 5.75 Å². The summed E-state index contributed by atoms with van der Waals surface area (Å²) >= 11 is 0. The van der Waals surface area contributed by atoms with Gasteiger partial charge in [-0.2, -0.15) is 0 Å². The molecule has 2 aromatic carbocycles. The Hall–Kier alpha value is -2.95. The quantitative estimate of drug-likeness (QED) is 0.530. The van der Waals surface area contributed by atoms with Crippen LogP contribution in [0.15, 0.2) is 48.5 Å². The number of ketones is 1. The fourth-order valence-corrected chi connectivity index (χ4v) is 1.78. The van der Waals surface area contributed by atoms with E-state index in [1.807, 2.05) is 0 Å². The third-order valence-electron chi connectivity index (χ3n) is 2.81. The molecule has 0 fully saturated rings. The van der Waals surface area contributed by atoms with Crippen LogP contribution in [0.25, 0.3) is 0 Å². The number of carbonyl (C=O) groups is 3. The normalized spacial score (nSPS) is 9.95. The van der Waals surface area contributed by atoms with Crippen LogP contribution in [0.5, 0.6) is 5.75 Å². The minimum Gasteiger partial charge on any atom is -0.478 e. The molecule has 2 rings (SSSR count). The average Bonchev–Trinajstić information content (AvgIpc) is 2.47. The lowest BCUT2D eigenvalue weighted by Gasteiger charge is -2.08. The third-order valence-corrected chi connectivity index (χ3v) is 2.81. The molecule has 2 aromatic rings. The fraction of sp³-hybridized carbons (Fsp3) is 0.0625. The van der Waals surface area contributed by atoms with E-state index in [-0.39, 0.29) is 22.7 Å². The van der Waals surface area contributed by atoms with Crippen molar-refractivity contribution in [1.82, 2.24) is 0 Å². The first-order valence-corrected chi connectivity index (χ1v) is 6.14. The van der Waals surface area contributed by atoms with Gasteiger partial charge in [0, 0.05) is 0 Å². The second-order valence-electron chi connectivity index (χ2n) is 4.33. The zero-order valence-corrected chi connectivity index (χ0v) is 11.2. The Labute approximate surface area is 120 Å². The van der Waals surface area contributed by atoms with Crippen LogP contribution in [0.4, 0.5) is 0 Å². The van der Waals surface area contributed by atoms with E-state index in [4.69, 9.17) is 9.84 Å². The molecule has 5 heteroatoms. The van der Waals surface area contributed by atoms with Crippen LogP contribution < -0.4 is 4.74 Å². The van der Waals surface area contributed by atoms with Crippen molar-refractivity contribution in [2.45, 2.75) is 6.92 Å². The van der Waals surface area contributed by atoms with E-state index in [0.29, 0.717) is 5.56 Å². The van der Waals surface area contributed by atoms with Gasteiger partial charge in [0.05, 0.1) is 16.7 Å². The molecule has 0 aliphatic carbocycles. The van der Waals surface area contributed by atoms with Crippen LogP contribution in [0.2, 0.25) is 0 Å². The fourth-order valence-electron chi connectivity index (χ4n) is 1.78. The number of carboxylic acids is 1. The Kier molecular flexibility index (Phi) is 4.13. The van der Waals surface area contributed by atoms with E-state index in [9.17, 15) is 14.4 Å². The molecule has 21 heavy (non-hydrogen) atoms. The number of para-hydroxylation sites is 1.